The summed E-state index contributed by atoms with van der Waals surface area (Å²) < 4.78 is 11.0. The van der Waals surface area contributed by atoms with E-state index in [0.29, 0.717) is 31.1 Å². The van der Waals surface area contributed by atoms with E-state index in [9.17, 15) is 14.7 Å². The van der Waals surface area contributed by atoms with Crippen molar-refractivity contribution in [1.29, 1.82) is 0 Å². The van der Waals surface area contributed by atoms with Crippen LogP contribution in [0.25, 0.3) is 27.0 Å². The Morgan fingerprint density at radius 2 is 1.84 bits per heavy atom. The minimum absolute atomic E-state index is 0.0686. The van der Waals surface area contributed by atoms with E-state index in [1.54, 1.807) is 20.9 Å². The monoisotopic (exact) mass is 1000 g/mol. The van der Waals surface area contributed by atoms with Crippen molar-refractivity contribution in [1.82, 2.24) is 44.6 Å². The number of aryl methyl sites for hydroxylation is 1. The first kappa shape index (κ1) is 47.1. The fourth-order valence-corrected chi connectivity index (χ4v) is 13.0. The maximum absolute atomic E-state index is 14.5. The number of nitrogens with one attached hydrogen (secondary N) is 1. The molecule has 2 N–H and O–H groups in total. The third-order valence-electron chi connectivity index (χ3n) is 15.3. The standard InChI is InChI=1S/C53H64BrN9O4S/c1-33(35-12-14-37(15-13-35)47-34(2)56-32-68-47)55-31-67-30-40-27-41(64)29-61(40)50(66)48(52(3,4)5)62-28-39(58-59-62)20-25-60-23-18-36(19-24-60)38-16-17-42-45(26-38)63-44-11-9-10-43(54)46(44)49(65)57-51(63)53(42)21-7-6-8-22-53/h9-17,26,28,32-33,36,40-41,48,55,64H,6-8,18-25,27,29-31H2,1-5H3/t33-,40-,41+,48+/m0/s1. The largest absolute Gasteiger partial charge is 0.391 e. The molecular weight excluding hydrogens is 939 g/mol. The second-order valence-corrected chi connectivity index (χ2v) is 22.5. The third kappa shape index (κ3) is 9.03. The Morgan fingerprint density at radius 3 is 2.57 bits per heavy atom. The van der Waals surface area contributed by atoms with Gasteiger partial charge >= 0.3 is 0 Å². The Morgan fingerprint density at radius 1 is 1.06 bits per heavy atom. The van der Waals surface area contributed by atoms with Crippen molar-refractivity contribution in [3.63, 3.8) is 0 Å². The number of benzene rings is 3. The van der Waals surface area contributed by atoms with E-state index in [-0.39, 0.29) is 35.5 Å². The van der Waals surface area contributed by atoms with Gasteiger partial charge in [0.15, 0.2) is 0 Å². The molecule has 1 saturated carbocycles. The zero-order chi connectivity index (χ0) is 47.3. The number of rotatable bonds is 13. The van der Waals surface area contributed by atoms with Crippen LogP contribution in [0.4, 0.5) is 0 Å². The summed E-state index contributed by atoms with van der Waals surface area (Å²) in [4.78, 5) is 42.7. The Hall–Kier alpha value is -4.64. The van der Waals surface area contributed by atoms with Gasteiger partial charge in [-0.15, -0.1) is 16.4 Å². The number of aliphatic hydroxyl groups is 1. The summed E-state index contributed by atoms with van der Waals surface area (Å²) >= 11 is 5.31. The number of carbonyl (C=O) groups is 1. The molecule has 1 aliphatic carbocycles. The third-order valence-corrected chi connectivity index (χ3v) is 16.9. The molecule has 4 aliphatic rings. The summed E-state index contributed by atoms with van der Waals surface area (Å²) in [7, 11) is 0. The fourth-order valence-electron chi connectivity index (χ4n) is 11.6. The quantitative estimate of drug-likeness (QED) is 0.0850. The lowest BCUT2D eigenvalue weighted by Gasteiger charge is -2.35. The summed E-state index contributed by atoms with van der Waals surface area (Å²) in [5, 5.41) is 24.0. The highest BCUT2D eigenvalue weighted by atomic mass is 79.9. The van der Waals surface area contributed by atoms with Crippen LogP contribution in [-0.4, -0.2) is 102 Å². The highest BCUT2D eigenvalue weighted by Gasteiger charge is 2.47. The summed E-state index contributed by atoms with van der Waals surface area (Å²) in [5.74, 6) is 1.28. The number of fused-ring (bicyclic) bond motifs is 7. The molecule has 3 aliphatic heterocycles. The SMILES string of the molecule is Cc1ncsc1-c1ccc([C@H](C)NCOC[C@@H]2C[C@@H](O)CN2C(=O)[C@@H](n2cc(CCN3CCC(c4ccc5c(c4)-n4c(nc(=O)c6c(Br)cccc64)C54CCCCC4)CC3)nn2)C(C)(C)C)cc1. The lowest BCUT2D eigenvalue weighted by molar-refractivity contribution is -0.140. The lowest BCUT2D eigenvalue weighted by Crippen LogP contribution is -2.46. The van der Waals surface area contributed by atoms with E-state index in [1.807, 2.05) is 30.8 Å². The van der Waals surface area contributed by atoms with Crippen molar-refractivity contribution in [2.45, 2.75) is 128 Å². The van der Waals surface area contributed by atoms with Gasteiger partial charge in [0.2, 0.25) is 5.91 Å². The Bertz CT molecular complexity index is 2840. The molecule has 10 rings (SSSR count). The lowest BCUT2D eigenvalue weighted by atomic mass is 9.69. The number of amides is 1. The van der Waals surface area contributed by atoms with Crippen molar-refractivity contribution in [2.75, 3.05) is 39.5 Å². The van der Waals surface area contributed by atoms with Crippen molar-refractivity contribution in [2.24, 2.45) is 5.41 Å². The second-order valence-electron chi connectivity index (χ2n) is 20.8. The zero-order valence-corrected chi connectivity index (χ0v) is 42.4. The van der Waals surface area contributed by atoms with Crippen LogP contribution in [0.15, 0.2) is 81.6 Å². The number of aliphatic hydroxyl groups excluding tert-OH is 1. The van der Waals surface area contributed by atoms with Gasteiger partial charge in [-0.3, -0.25) is 19.5 Å². The number of halogens is 1. The fraction of sp³-hybridized carbons (Fsp3) is 0.509. The van der Waals surface area contributed by atoms with E-state index in [4.69, 9.17) is 9.72 Å². The molecule has 68 heavy (non-hydrogen) atoms. The molecule has 3 aromatic carbocycles. The topological polar surface area (TPSA) is 144 Å². The molecule has 358 valence electrons. The minimum Gasteiger partial charge on any atom is -0.391 e. The first-order chi connectivity index (χ1) is 32.8. The molecule has 0 radical (unpaired) electrons. The smallest absolute Gasteiger partial charge is 0.281 e. The highest BCUT2D eigenvalue weighted by molar-refractivity contribution is 9.10. The molecule has 1 amide bonds. The number of hydrogen-bond donors (Lipinski definition) is 2. The number of ether oxygens (including phenoxy) is 1. The Labute approximate surface area is 411 Å². The molecule has 4 atom stereocenters. The number of carbonyl (C=O) groups excluding carboxylic acids is 1. The molecule has 0 bridgehead atoms. The predicted octanol–water partition coefficient (Wildman–Crippen LogP) is 9.03. The molecule has 1 spiro atoms. The van der Waals surface area contributed by atoms with E-state index in [0.717, 1.165) is 97.3 Å². The van der Waals surface area contributed by atoms with Crippen LogP contribution in [-0.2, 0) is 21.4 Å². The van der Waals surface area contributed by atoms with Crippen LogP contribution < -0.4 is 10.9 Å². The van der Waals surface area contributed by atoms with E-state index in [1.165, 1.54) is 33.7 Å². The average Bonchev–Trinajstić information content (AvgIpc) is 4.12. The van der Waals surface area contributed by atoms with E-state index in [2.05, 4.69) is 122 Å². The van der Waals surface area contributed by atoms with Crippen molar-refractivity contribution < 1.29 is 14.6 Å². The zero-order valence-electron chi connectivity index (χ0n) is 40.0. The Balaban J connectivity index is 0.748. The number of β-amino-alcohol motifs (C(OH)–C–C–N with tert-alkyl or cyclic N) is 1. The van der Waals surface area contributed by atoms with Crippen molar-refractivity contribution >= 4 is 44.1 Å². The number of hydrogen-bond acceptors (Lipinski definition) is 11. The molecule has 6 heterocycles. The van der Waals surface area contributed by atoms with Gasteiger partial charge in [-0.05, 0) is 127 Å². The second kappa shape index (κ2) is 19.3. The van der Waals surface area contributed by atoms with Crippen LogP contribution in [0.1, 0.15) is 131 Å². The van der Waals surface area contributed by atoms with Gasteiger partial charge in [0.1, 0.15) is 11.9 Å². The molecule has 13 nitrogen and oxygen atoms in total. The van der Waals surface area contributed by atoms with Crippen molar-refractivity contribution in [3.05, 3.63) is 121 Å². The van der Waals surface area contributed by atoms with Crippen LogP contribution >= 0.6 is 27.3 Å². The molecule has 0 unspecified atom stereocenters. The van der Waals surface area contributed by atoms with Gasteiger partial charge < -0.3 is 19.6 Å². The maximum Gasteiger partial charge on any atom is 0.281 e. The van der Waals surface area contributed by atoms with Gasteiger partial charge in [-0.1, -0.05) is 87.7 Å². The molecule has 3 fully saturated rings. The van der Waals surface area contributed by atoms with E-state index >= 15 is 0 Å². The molecule has 2 saturated heterocycles. The van der Waals surface area contributed by atoms with Crippen LogP contribution in [0, 0.1) is 12.3 Å². The number of thiazole rings is 1. The first-order valence-corrected chi connectivity index (χ1v) is 26.3. The highest BCUT2D eigenvalue weighted by Crippen LogP contribution is 2.52. The number of aromatic nitrogens is 6. The summed E-state index contributed by atoms with van der Waals surface area (Å²) in [6, 6.07) is 20.9. The van der Waals surface area contributed by atoms with Gasteiger partial charge in [-0.2, -0.15) is 4.98 Å². The predicted molar refractivity (Wildman–Crippen MR) is 270 cm³/mol. The molecule has 3 aromatic heterocycles. The summed E-state index contributed by atoms with van der Waals surface area (Å²) in [5.41, 5.74) is 10.1. The van der Waals surface area contributed by atoms with Gasteiger partial charge in [-0.25, -0.2) is 9.67 Å². The first-order valence-electron chi connectivity index (χ1n) is 24.6. The number of likely N-dealkylation sites (tertiary alicyclic amines) is 2. The molecular formula is C53H64BrN9O4S. The number of nitrogens with zero attached hydrogens (tertiary/aromatic N) is 8. The molecule has 6 aromatic rings. The normalized spacial score (nSPS) is 20.5. The summed E-state index contributed by atoms with van der Waals surface area (Å²) in [6.45, 7) is 14.1. The summed E-state index contributed by atoms with van der Waals surface area (Å²) in [6.07, 6.45) is 10.2. The molecule has 15 heteroatoms. The van der Waals surface area contributed by atoms with Crippen LogP contribution in [0.3, 0.4) is 0 Å². The van der Waals surface area contributed by atoms with Gasteiger partial charge in [0, 0.05) is 36.2 Å². The number of piperidine rings is 1. The minimum atomic E-state index is -0.614. The average molecular weight is 1000 g/mol. The maximum atomic E-state index is 14.5. The van der Waals surface area contributed by atoms with E-state index < -0.39 is 17.6 Å². The van der Waals surface area contributed by atoms with Crippen LogP contribution in [0.5, 0.6) is 0 Å². The van der Waals surface area contributed by atoms with Gasteiger partial charge in [0.25, 0.3) is 5.56 Å². The van der Waals surface area contributed by atoms with Crippen LogP contribution in [0.2, 0.25) is 0 Å². The van der Waals surface area contributed by atoms with Gasteiger partial charge in [0.05, 0.1) is 69.3 Å². The Kier molecular flexibility index (Phi) is 13.3. The van der Waals surface area contributed by atoms with Crippen molar-refractivity contribution in [3.8, 4) is 16.1 Å².